The molecule has 0 radical (unpaired) electrons. The number of aryl methyl sites for hydroxylation is 1. The fourth-order valence-corrected chi connectivity index (χ4v) is 2.90. The second-order valence-corrected chi connectivity index (χ2v) is 5.46. The van der Waals surface area contributed by atoms with E-state index < -0.39 is 0 Å². The van der Waals surface area contributed by atoms with Gasteiger partial charge in [0.1, 0.15) is 0 Å². The first kappa shape index (κ1) is 10.7. The van der Waals surface area contributed by atoms with Crippen molar-refractivity contribution in [1.82, 2.24) is 0 Å². The summed E-state index contributed by atoms with van der Waals surface area (Å²) in [5.74, 6) is 2.32. The molecule has 0 fully saturated rings. The molecule has 0 saturated carbocycles. The molecule has 0 heterocycles. The lowest BCUT2D eigenvalue weighted by atomic mass is 9.73. The van der Waals surface area contributed by atoms with Crippen LogP contribution in [0, 0.1) is 12.8 Å². The number of benzene rings is 1. The second kappa shape index (κ2) is 4.00. The summed E-state index contributed by atoms with van der Waals surface area (Å²) in [7, 11) is 0. The summed E-state index contributed by atoms with van der Waals surface area (Å²) in [6.07, 6.45) is 2.73. The van der Waals surface area contributed by atoms with Crippen molar-refractivity contribution >= 4 is 0 Å². The first-order valence-electron chi connectivity index (χ1n) is 6.20. The topological polar surface area (TPSA) is 0 Å². The molecule has 0 spiro atoms. The van der Waals surface area contributed by atoms with Crippen LogP contribution in [0.3, 0.4) is 0 Å². The van der Waals surface area contributed by atoms with E-state index in [1.807, 2.05) is 0 Å². The van der Waals surface area contributed by atoms with Crippen LogP contribution in [-0.4, -0.2) is 0 Å². The van der Waals surface area contributed by atoms with Gasteiger partial charge in [-0.1, -0.05) is 44.5 Å². The van der Waals surface area contributed by atoms with Crippen molar-refractivity contribution in [3.05, 3.63) is 34.9 Å². The molecule has 0 N–H and O–H groups in total. The minimum Gasteiger partial charge on any atom is -0.0622 e. The Bertz CT molecular complexity index is 349. The average Bonchev–Trinajstić information content (AvgIpc) is 2.17. The van der Waals surface area contributed by atoms with Crippen LogP contribution in [0.15, 0.2) is 18.2 Å². The third-order valence-corrected chi connectivity index (χ3v) is 3.89. The zero-order valence-corrected chi connectivity index (χ0v) is 10.4. The number of hydrogen-bond acceptors (Lipinski definition) is 0. The summed E-state index contributed by atoms with van der Waals surface area (Å²) < 4.78 is 0. The molecule has 1 aliphatic carbocycles. The molecule has 1 aromatic carbocycles. The summed E-state index contributed by atoms with van der Waals surface area (Å²) >= 11 is 0. The minimum atomic E-state index is 0.760. The van der Waals surface area contributed by atoms with E-state index in [0.717, 1.165) is 17.8 Å². The molecule has 0 heteroatoms. The maximum atomic E-state index is 2.41. The molecule has 2 rings (SSSR count). The quantitative estimate of drug-likeness (QED) is 0.622. The Balaban J connectivity index is 2.46. The van der Waals surface area contributed by atoms with E-state index in [0.29, 0.717) is 0 Å². The van der Waals surface area contributed by atoms with Crippen molar-refractivity contribution in [1.29, 1.82) is 0 Å². The van der Waals surface area contributed by atoms with Gasteiger partial charge in [-0.3, -0.25) is 0 Å². The first-order valence-corrected chi connectivity index (χ1v) is 6.20. The van der Waals surface area contributed by atoms with Gasteiger partial charge in [-0.25, -0.2) is 0 Å². The smallest absolute Gasteiger partial charge is 0.0136 e. The zero-order valence-electron chi connectivity index (χ0n) is 10.4. The lowest BCUT2D eigenvalue weighted by Crippen LogP contribution is -2.17. The van der Waals surface area contributed by atoms with E-state index >= 15 is 0 Å². The fraction of sp³-hybridized carbons (Fsp3) is 0.600. The van der Waals surface area contributed by atoms with Crippen molar-refractivity contribution in [3.8, 4) is 0 Å². The summed E-state index contributed by atoms with van der Waals surface area (Å²) in [5.41, 5.74) is 4.64. The van der Waals surface area contributed by atoms with Crippen LogP contribution in [0.4, 0.5) is 0 Å². The number of hydrogen-bond donors (Lipinski definition) is 0. The van der Waals surface area contributed by atoms with E-state index in [4.69, 9.17) is 0 Å². The lowest BCUT2D eigenvalue weighted by Gasteiger charge is -2.32. The molecule has 0 aromatic heterocycles. The van der Waals surface area contributed by atoms with E-state index in [2.05, 4.69) is 45.9 Å². The zero-order chi connectivity index (χ0) is 11.0. The Morgan fingerprint density at radius 1 is 1.13 bits per heavy atom. The predicted octanol–water partition coefficient (Wildman–Crippen LogP) is 4.63. The summed E-state index contributed by atoms with van der Waals surface area (Å²) in [6.45, 7) is 9.28. The standard InChI is InChI=1S/C15H22/c1-10(2)13-8-6-12(4)14-7-5-11(3)9-15(13)14/h5,7,9-10,12-13H,6,8H2,1-4H3/t12-,13-/m1/s1. The molecule has 0 nitrogen and oxygen atoms in total. The van der Waals surface area contributed by atoms with Crippen molar-refractivity contribution in [2.24, 2.45) is 5.92 Å². The van der Waals surface area contributed by atoms with Crippen LogP contribution in [-0.2, 0) is 0 Å². The minimum absolute atomic E-state index is 0.760. The van der Waals surface area contributed by atoms with Gasteiger partial charge in [0.25, 0.3) is 0 Å². The third-order valence-electron chi connectivity index (χ3n) is 3.89. The molecule has 0 unspecified atom stereocenters. The molecule has 15 heavy (non-hydrogen) atoms. The van der Waals surface area contributed by atoms with Gasteiger partial charge in [0.05, 0.1) is 0 Å². The molecule has 1 aromatic rings. The van der Waals surface area contributed by atoms with Crippen LogP contribution in [0.25, 0.3) is 0 Å². The predicted molar refractivity (Wildman–Crippen MR) is 66.4 cm³/mol. The molecule has 2 atom stereocenters. The van der Waals surface area contributed by atoms with E-state index in [-0.39, 0.29) is 0 Å². The SMILES string of the molecule is Cc1ccc2c(c1)[C@@H](C(C)C)CC[C@H]2C. The Hall–Kier alpha value is -0.780. The molecule has 1 aliphatic rings. The summed E-state index contributed by atoms with van der Waals surface area (Å²) in [5, 5.41) is 0. The van der Waals surface area contributed by atoms with Crippen LogP contribution in [0.2, 0.25) is 0 Å². The molecule has 82 valence electrons. The highest BCUT2D eigenvalue weighted by molar-refractivity contribution is 5.38. The number of rotatable bonds is 1. The first-order chi connectivity index (χ1) is 7.09. The van der Waals surface area contributed by atoms with Crippen molar-refractivity contribution in [3.63, 3.8) is 0 Å². The fourth-order valence-electron chi connectivity index (χ4n) is 2.90. The summed E-state index contributed by atoms with van der Waals surface area (Å²) in [6, 6.07) is 7.03. The van der Waals surface area contributed by atoms with Gasteiger partial charge in [0.2, 0.25) is 0 Å². The van der Waals surface area contributed by atoms with Gasteiger partial charge in [0.15, 0.2) is 0 Å². The highest BCUT2D eigenvalue weighted by atomic mass is 14.3. The third kappa shape index (κ3) is 1.95. The van der Waals surface area contributed by atoms with Gasteiger partial charge < -0.3 is 0 Å². The average molecular weight is 202 g/mol. The van der Waals surface area contributed by atoms with Gasteiger partial charge in [-0.2, -0.15) is 0 Å². The maximum Gasteiger partial charge on any atom is -0.0136 e. The largest absolute Gasteiger partial charge is 0.0622 e. The van der Waals surface area contributed by atoms with E-state index in [1.165, 1.54) is 18.4 Å². The Kier molecular flexibility index (Phi) is 2.86. The van der Waals surface area contributed by atoms with E-state index in [9.17, 15) is 0 Å². The van der Waals surface area contributed by atoms with Gasteiger partial charge >= 0.3 is 0 Å². The molecular weight excluding hydrogens is 180 g/mol. The molecule has 0 bridgehead atoms. The van der Waals surface area contributed by atoms with E-state index in [1.54, 1.807) is 11.1 Å². The monoisotopic (exact) mass is 202 g/mol. The normalized spacial score (nSPS) is 25.4. The van der Waals surface area contributed by atoms with Crippen molar-refractivity contribution in [2.45, 2.75) is 52.4 Å². The Morgan fingerprint density at radius 3 is 2.53 bits per heavy atom. The van der Waals surface area contributed by atoms with Crippen LogP contribution in [0.1, 0.15) is 62.1 Å². The lowest BCUT2D eigenvalue weighted by molar-refractivity contribution is 0.410. The molecule has 0 aliphatic heterocycles. The van der Waals surface area contributed by atoms with Crippen LogP contribution in [0.5, 0.6) is 0 Å². The molecule has 0 amide bonds. The number of fused-ring (bicyclic) bond motifs is 1. The van der Waals surface area contributed by atoms with Crippen molar-refractivity contribution < 1.29 is 0 Å². The van der Waals surface area contributed by atoms with Crippen LogP contribution >= 0.6 is 0 Å². The highest BCUT2D eigenvalue weighted by Crippen LogP contribution is 2.42. The molecule has 0 saturated heterocycles. The maximum absolute atomic E-state index is 2.41. The van der Waals surface area contributed by atoms with Gasteiger partial charge in [0, 0.05) is 0 Å². The Morgan fingerprint density at radius 2 is 1.87 bits per heavy atom. The highest BCUT2D eigenvalue weighted by Gasteiger charge is 2.26. The van der Waals surface area contributed by atoms with Crippen LogP contribution < -0.4 is 0 Å². The second-order valence-electron chi connectivity index (χ2n) is 5.46. The van der Waals surface area contributed by atoms with Gasteiger partial charge in [-0.15, -0.1) is 0 Å². The van der Waals surface area contributed by atoms with Crippen molar-refractivity contribution in [2.75, 3.05) is 0 Å². The molecular formula is C15H22. The summed E-state index contributed by atoms with van der Waals surface area (Å²) in [4.78, 5) is 0. The van der Waals surface area contributed by atoms with Gasteiger partial charge in [-0.05, 0) is 48.6 Å². The Labute approximate surface area is 93.7 Å².